The van der Waals surface area contributed by atoms with Crippen LogP contribution in [0, 0.1) is 0 Å². The number of imidazole rings is 1. The van der Waals surface area contributed by atoms with E-state index in [1.165, 1.54) is 0 Å². The molecule has 0 aliphatic carbocycles. The second-order valence-electron chi connectivity index (χ2n) is 3.84. The van der Waals surface area contributed by atoms with Crippen LogP contribution in [0.2, 0.25) is 15.3 Å². The third-order valence-electron chi connectivity index (χ3n) is 2.56. The van der Waals surface area contributed by atoms with Crippen LogP contribution in [-0.2, 0) is 0 Å². The van der Waals surface area contributed by atoms with Crippen molar-refractivity contribution in [2.75, 3.05) is 0 Å². The van der Waals surface area contributed by atoms with Crippen molar-refractivity contribution in [3.63, 3.8) is 0 Å². The summed E-state index contributed by atoms with van der Waals surface area (Å²) in [6, 6.07) is 10.9. The number of rotatable bonds is 2. The fraction of sp³-hybridized carbons (Fsp3) is 0. The first-order valence-electron chi connectivity index (χ1n) is 5.41. The summed E-state index contributed by atoms with van der Waals surface area (Å²) in [7, 11) is 0. The molecule has 0 aliphatic rings. The number of ether oxygens (including phenoxy) is 1. The molecule has 0 saturated heterocycles. The van der Waals surface area contributed by atoms with Gasteiger partial charge in [-0.25, -0.2) is 4.98 Å². The van der Waals surface area contributed by atoms with Crippen molar-refractivity contribution in [3.8, 4) is 11.5 Å². The molecule has 96 valence electrons. The van der Waals surface area contributed by atoms with Gasteiger partial charge in [0.2, 0.25) is 5.28 Å². The molecule has 3 rings (SSSR count). The zero-order valence-electron chi connectivity index (χ0n) is 9.45. The smallest absolute Gasteiger partial charge is 0.201 e. The van der Waals surface area contributed by atoms with Gasteiger partial charge >= 0.3 is 0 Å². The molecule has 3 nitrogen and oxygen atoms in total. The van der Waals surface area contributed by atoms with Crippen LogP contribution in [0.5, 0.6) is 11.5 Å². The first-order valence-corrected chi connectivity index (χ1v) is 6.54. The lowest BCUT2D eigenvalue weighted by Crippen LogP contribution is -1.87. The molecule has 3 aromatic rings. The lowest BCUT2D eigenvalue weighted by Gasteiger charge is -2.09. The minimum atomic E-state index is 0.233. The van der Waals surface area contributed by atoms with Gasteiger partial charge in [-0.3, -0.25) is 0 Å². The third kappa shape index (κ3) is 2.37. The fourth-order valence-corrected chi connectivity index (χ4v) is 2.48. The summed E-state index contributed by atoms with van der Waals surface area (Å²) in [6.45, 7) is 0. The average Bonchev–Trinajstić information content (AvgIpc) is 2.78. The second kappa shape index (κ2) is 4.93. The van der Waals surface area contributed by atoms with Crippen molar-refractivity contribution < 1.29 is 4.74 Å². The van der Waals surface area contributed by atoms with Gasteiger partial charge in [0.15, 0.2) is 5.75 Å². The number of halogens is 3. The Kier molecular flexibility index (Phi) is 3.27. The van der Waals surface area contributed by atoms with Crippen LogP contribution in [0.25, 0.3) is 11.0 Å². The van der Waals surface area contributed by atoms with Gasteiger partial charge in [-0.05, 0) is 29.8 Å². The van der Waals surface area contributed by atoms with Crippen molar-refractivity contribution in [1.82, 2.24) is 9.97 Å². The van der Waals surface area contributed by atoms with E-state index < -0.39 is 0 Å². The van der Waals surface area contributed by atoms with E-state index >= 15 is 0 Å². The maximum atomic E-state index is 6.17. The lowest BCUT2D eigenvalue weighted by molar-refractivity contribution is 0.487. The van der Waals surface area contributed by atoms with Crippen LogP contribution >= 0.6 is 34.8 Å². The van der Waals surface area contributed by atoms with Gasteiger partial charge in [-0.1, -0.05) is 41.4 Å². The summed E-state index contributed by atoms with van der Waals surface area (Å²) in [4.78, 5) is 6.98. The molecule has 0 atom stereocenters. The van der Waals surface area contributed by atoms with E-state index in [4.69, 9.17) is 39.5 Å². The largest absolute Gasteiger partial charge is 0.454 e. The van der Waals surface area contributed by atoms with Gasteiger partial charge in [-0.15, -0.1) is 0 Å². The van der Waals surface area contributed by atoms with E-state index in [9.17, 15) is 0 Å². The molecule has 0 spiro atoms. The average molecular weight is 314 g/mol. The van der Waals surface area contributed by atoms with Crippen LogP contribution in [0.3, 0.4) is 0 Å². The van der Waals surface area contributed by atoms with Gasteiger partial charge in [0, 0.05) is 0 Å². The highest BCUT2D eigenvalue weighted by atomic mass is 35.5. The molecular weight excluding hydrogens is 307 g/mol. The highest BCUT2D eigenvalue weighted by molar-refractivity contribution is 6.40. The molecular formula is C13H7Cl3N2O. The van der Waals surface area contributed by atoms with Crippen LogP contribution in [0.1, 0.15) is 0 Å². The standard InChI is InChI=1S/C13H7Cl3N2O/c14-8-6-9(15)12(11-10(8)17-13(16)18-11)19-7-4-2-1-3-5-7/h1-6H,(H,17,18). The van der Waals surface area contributed by atoms with E-state index in [0.29, 0.717) is 32.6 Å². The van der Waals surface area contributed by atoms with Crippen molar-refractivity contribution in [3.05, 3.63) is 51.7 Å². The lowest BCUT2D eigenvalue weighted by atomic mass is 10.3. The van der Waals surface area contributed by atoms with Gasteiger partial charge in [0.25, 0.3) is 0 Å². The van der Waals surface area contributed by atoms with Crippen LogP contribution in [0.4, 0.5) is 0 Å². The van der Waals surface area contributed by atoms with E-state index in [0.717, 1.165) is 0 Å². The minimum Gasteiger partial charge on any atom is -0.454 e. The molecule has 1 aromatic heterocycles. The predicted molar refractivity (Wildman–Crippen MR) is 77.6 cm³/mol. The molecule has 19 heavy (non-hydrogen) atoms. The SMILES string of the molecule is Clc1nc2c(Cl)cc(Cl)c(Oc3ccccc3)c2[nH]1. The molecule has 0 radical (unpaired) electrons. The Morgan fingerprint density at radius 1 is 1.00 bits per heavy atom. The number of para-hydroxylation sites is 1. The molecule has 6 heteroatoms. The van der Waals surface area contributed by atoms with Crippen LogP contribution < -0.4 is 4.74 Å². The maximum absolute atomic E-state index is 6.17. The molecule has 1 heterocycles. The van der Waals surface area contributed by atoms with Crippen molar-refractivity contribution in [2.45, 2.75) is 0 Å². The Labute approximate surface area is 124 Å². The van der Waals surface area contributed by atoms with E-state index in [2.05, 4.69) is 9.97 Å². The second-order valence-corrected chi connectivity index (χ2v) is 5.01. The molecule has 0 fully saturated rings. The molecule has 2 aromatic carbocycles. The first kappa shape index (κ1) is 12.6. The van der Waals surface area contributed by atoms with Crippen molar-refractivity contribution >= 4 is 45.8 Å². The van der Waals surface area contributed by atoms with Gasteiger partial charge < -0.3 is 9.72 Å². The first-order chi connectivity index (χ1) is 9.15. The van der Waals surface area contributed by atoms with Crippen molar-refractivity contribution in [2.24, 2.45) is 0 Å². The third-order valence-corrected chi connectivity index (χ3v) is 3.31. The monoisotopic (exact) mass is 312 g/mol. The summed E-state index contributed by atoms with van der Waals surface area (Å²) in [5.74, 6) is 1.12. The summed E-state index contributed by atoms with van der Waals surface area (Å²) < 4.78 is 5.77. The van der Waals surface area contributed by atoms with Crippen molar-refractivity contribution in [1.29, 1.82) is 0 Å². The molecule has 0 saturated carbocycles. The zero-order valence-corrected chi connectivity index (χ0v) is 11.7. The molecule has 0 amide bonds. The van der Waals surface area contributed by atoms with Crippen LogP contribution in [-0.4, -0.2) is 9.97 Å². The quantitative estimate of drug-likeness (QED) is 0.695. The number of benzene rings is 2. The van der Waals surface area contributed by atoms with E-state index in [1.807, 2.05) is 30.3 Å². The number of fused-ring (bicyclic) bond motifs is 1. The summed E-state index contributed by atoms with van der Waals surface area (Å²) in [6.07, 6.45) is 0. The van der Waals surface area contributed by atoms with Gasteiger partial charge in [-0.2, -0.15) is 0 Å². The van der Waals surface area contributed by atoms with Gasteiger partial charge in [0.1, 0.15) is 16.8 Å². The Morgan fingerprint density at radius 2 is 1.74 bits per heavy atom. The van der Waals surface area contributed by atoms with E-state index in [-0.39, 0.29) is 5.28 Å². The number of H-pyrrole nitrogens is 1. The Balaban J connectivity index is 2.17. The summed E-state index contributed by atoms with van der Waals surface area (Å²) in [5, 5.41) is 1.04. The topological polar surface area (TPSA) is 37.9 Å². The maximum Gasteiger partial charge on any atom is 0.201 e. The number of aromatic nitrogens is 2. The highest BCUT2D eigenvalue weighted by Gasteiger charge is 2.16. The number of hydrogen-bond donors (Lipinski definition) is 1. The number of aromatic amines is 1. The highest BCUT2D eigenvalue weighted by Crippen LogP contribution is 2.39. The summed E-state index contributed by atoms with van der Waals surface area (Å²) >= 11 is 18.1. The fourth-order valence-electron chi connectivity index (χ4n) is 1.75. The molecule has 1 N–H and O–H groups in total. The Hall–Kier alpha value is -1.42. The Morgan fingerprint density at radius 3 is 2.47 bits per heavy atom. The molecule has 0 unspecified atom stereocenters. The van der Waals surface area contributed by atoms with Gasteiger partial charge in [0.05, 0.1) is 10.0 Å². The number of nitrogens with zero attached hydrogens (tertiary/aromatic N) is 1. The number of hydrogen-bond acceptors (Lipinski definition) is 2. The molecule has 0 bridgehead atoms. The predicted octanol–water partition coefficient (Wildman–Crippen LogP) is 5.32. The van der Waals surface area contributed by atoms with E-state index in [1.54, 1.807) is 6.07 Å². The van der Waals surface area contributed by atoms with Crippen LogP contribution in [0.15, 0.2) is 36.4 Å². The Bertz CT molecular complexity index is 740. The zero-order chi connectivity index (χ0) is 13.4. The normalized spacial score (nSPS) is 10.9. The number of nitrogens with one attached hydrogen (secondary N) is 1. The molecule has 0 aliphatic heterocycles. The minimum absolute atomic E-state index is 0.233. The summed E-state index contributed by atoms with van der Waals surface area (Å²) in [5.41, 5.74) is 1.10.